The first kappa shape index (κ1) is 8.98. The largest absolute Gasteiger partial charge is 0.505 e. The van der Waals surface area contributed by atoms with Crippen molar-refractivity contribution in [3.05, 3.63) is 27.5 Å². The van der Waals surface area contributed by atoms with Crippen LogP contribution in [0.25, 0.3) is 0 Å². The molecule has 1 N–H and O–H groups in total. The highest BCUT2D eigenvalue weighted by Gasteiger charge is 2.10. The molecule has 0 saturated heterocycles. The molecule has 13 heavy (non-hydrogen) atoms. The predicted octanol–water partition coefficient (Wildman–Crippen LogP) is 2.00. The molecule has 6 nitrogen and oxygen atoms in total. The molecule has 6 heteroatoms. The lowest BCUT2D eigenvalue weighted by atomic mass is 10.1. The molecule has 66 valence electrons. The van der Waals surface area contributed by atoms with Crippen molar-refractivity contribution in [2.24, 2.45) is 10.4 Å². The van der Waals surface area contributed by atoms with Crippen LogP contribution in [0.15, 0.2) is 22.5 Å². The van der Waals surface area contributed by atoms with E-state index in [0.29, 0.717) is 6.29 Å². The van der Waals surface area contributed by atoms with Gasteiger partial charge >= 0.3 is 0 Å². The van der Waals surface area contributed by atoms with Gasteiger partial charge in [-0.25, -0.2) is 0 Å². The van der Waals surface area contributed by atoms with Crippen LogP contribution in [0, 0.1) is 9.81 Å². The van der Waals surface area contributed by atoms with Gasteiger partial charge in [-0.3, -0.25) is 4.79 Å². The summed E-state index contributed by atoms with van der Waals surface area (Å²) in [5.41, 5.74) is -0.694. The number of phenolic OH excluding ortho intramolecular Hbond substituents is 1. The van der Waals surface area contributed by atoms with Crippen LogP contribution in [0.1, 0.15) is 10.4 Å². The zero-order valence-electron chi connectivity index (χ0n) is 6.30. The average molecular weight is 180 g/mol. The van der Waals surface area contributed by atoms with Crippen LogP contribution in [0.5, 0.6) is 5.75 Å². The van der Waals surface area contributed by atoms with Crippen molar-refractivity contribution in [1.82, 2.24) is 0 Å². The molecule has 0 aromatic heterocycles. The number of aromatic hydroxyl groups is 1. The Labute approximate surface area is 72.1 Å². The van der Waals surface area contributed by atoms with E-state index in [2.05, 4.69) is 10.4 Å². The molecular weight excluding hydrogens is 176 g/mol. The van der Waals surface area contributed by atoms with Gasteiger partial charge in [-0.15, -0.1) is 9.81 Å². The first-order valence-corrected chi connectivity index (χ1v) is 3.22. The minimum absolute atomic E-state index is 0.130. The SMILES string of the molecule is O=Cc1cc(N=O)cc(N=O)c1O. The number of carbonyl (C=O) groups excluding carboxylic acids is 1. The molecule has 0 aliphatic heterocycles. The van der Waals surface area contributed by atoms with Crippen LogP contribution in [-0.2, 0) is 0 Å². The number of phenols is 1. The highest BCUT2D eigenvalue weighted by molar-refractivity contribution is 5.85. The second kappa shape index (κ2) is 3.53. The van der Waals surface area contributed by atoms with Crippen molar-refractivity contribution in [2.75, 3.05) is 0 Å². The van der Waals surface area contributed by atoms with Crippen LogP contribution >= 0.6 is 0 Å². The van der Waals surface area contributed by atoms with E-state index in [9.17, 15) is 14.6 Å². The van der Waals surface area contributed by atoms with Crippen molar-refractivity contribution in [1.29, 1.82) is 0 Å². The summed E-state index contributed by atoms with van der Waals surface area (Å²) in [5.74, 6) is -0.544. The molecule has 1 aromatic carbocycles. The molecule has 0 unspecified atom stereocenters. The number of rotatable bonds is 3. The average Bonchev–Trinajstić information content (AvgIpc) is 2.18. The molecule has 0 bridgehead atoms. The zero-order valence-corrected chi connectivity index (χ0v) is 6.30. The predicted molar refractivity (Wildman–Crippen MR) is 44.4 cm³/mol. The van der Waals surface area contributed by atoms with Crippen molar-refractivity contribution >= 4 is 17.7 Å². The Balaban J connectivity index is 3.44. The fourth-order valence-corrected chi connectivity index (χ4v) is 0.838. The first-order chi connectivity index (χ1) is 6.22. The molecule has 0 saturated carbocycles. The molecule has 0 radical (unpaired) electrons. The van der Waals surface area contributed by atoms with Gasteiger partial charge in [0.25, 0.3) is 0 Å². The smallest absolute Gasteiger partial charge is 0.155 e. The van der Waals surface area contributed by atoms with E-state index in [1.165, 1.54) is 0 Å². The van der Waals surface area contributed by atoms with E-state index in [0.717, 1.165) is 12.1 Å². The van der Waals surface area contributed by atoms with Gasteiger partial charge in [-0.05, 0) is 16.4 Å². The van der Waals surface area contributed by atoms with Gasteiger partial charge in [0.15, 0.2) is 17.7 Å². The maximum absolute atomic E-state index is 10.3. The number of aldehydes is 1. The lowest BCUT2D eigenvalue weighted by Crippen LogP contribution is -1.81. The Morgan fingerprint density at radius 3 is 2.38 bits per heavy atom. The second-order valence-electron chi connectivity index (χ2n) is 2.20. The van der Waals surface area contributed by atoms with E-state index in [-0.39, 0.29) is 16.9 Å². The van der Waals surface area contributed by atoms with Gasteiger partial charge in [0.2, 0.25) is 0 Å². The zero-order chi connectivity index (χ0) is 9.84. The van der Waals surface area contributed by atoms with E-state index in [1.54, 1.807) is 0 Å². The maximum atomic E-state index is 10.3. The third-order valence-corrected chi connectivity index (χ3v) is 1.43. The lowest BCUT2D eigenvalue weighted by molar-refractivity contribution is 0.112. The summed E-state index contributed by atoms with van der Waals surface area (Å²) in [7, 11) is 0. The fourth-order valence-electron chi connectivity index (χ4n) is 0.838. The number of carbonyl (C=O) groups is 1. The summed E-state index contributed by atoms with van der Waals surface area (Å²) in [6.45, 7) is 0. The third-order valence-electron chi connectivity index (χ3n) is 1.43. The summed E-state index contributed by atoms with van der Waals surface area (Å²) < 4.78 is 0. The topological polar surface area (TPSA) is 96.2 Å². The minimum Gasteiger partial charge on any atom is -0.505 e. The van der Waals surface area contributed by atoms with E-state index in [4.69, 9.17) is 5.11 Å². The van der Waals surface area contributed by atoms with Crippen LogP contribution < -0.4 is 0 Å². The van der Waals surface area contributed by atoms with Gasteiger partial charge < -0.3 is 5.11 Å². The van der Waals surface area contributed by atoms with Crippen molar-refractivity contribution < 1.29 is 9.90 Å². The van der Waals surface area contributed by atoms with Gasteiger partial charge in [0, 0.05) is 6.07 Å². The summed E-state index contributed by atoms with van der Waals surface area (Å²) in [6, 6.07) is 2.05. The standard InChI is InChI=1S/C7H4N2O4/c10-3-4-1-5(8-12)2-6(9-13)7(4)11/h1-3,11H. The first-order valence-electron chi connectivity index (χ1n) is 3.22. The van der Waals surface area contributed by atoms with Crippen LogP contribution in [-0.4, -0.2) is 11.4 Å². The normalized spacial score (nSPS) is 9.23. The molecule has 0 amide bonds. The molecular formula is C7H4N2O4. The second-order valence-corrected chi connectivity index (χ2v) is 2.20. The summed E-state index contributed by atoms with van der Waals surface area (Å²) >= 11 is 0. The Bertz CT molecular complexity index is 346. The lowest BCUT2D eigenvalue weighted by Gasteiger charge is -1.98. The van der Waals surface area contributed by atoms with E-state index >= 15 is 0 Å². The highest BCUT2D eigenvalue weighted by atomic mass is 16.3. The Kier molecular flexibility index (Phi) is 2.44. The number of nitroso groups, excluding NO2 is 2. The van der Waals surface area contributed by atoms with Gasteiger partial charge in [0.1, 0.15) is 5.69 Å². The molecule has 0 atom stereocenters. The number of hydrogen-bond acceptors (Lipinski definition) is 6. The minimum atomic E-state index is -0.544. The van der Waals surface area contributed by atoms with Gasteiger partial charge in [-0.1, -0.05) is 0 Å². The fraction of sp³-hybridized carbons (Fsp3) is 0. The van der Waals surface area contributed by atoms with Crippen LogP contribution in [0.2, 0.25) is 0 Å². The molecule has 1 rings (SSSR count). The van der Waals surface area contributed by atoms with E-state index < -0.39 is 5.75 Å². The van der Waals surface area contributed by atoms with Gasteiger partial charge in [0.05, 0.1) is 5.56 Å². The summed E-state index contributed by atoms with van der Waals surface area (Å²) in [5, 5.41) is 14.1. The number of nitrogens with zero attached hydrogens (tertiary/aromatic N) is 2. The molecule has 0 fully saturated rings. The Morgan fingerprint density at radius 1 is 1.23 bits per heavy atom. The Hall–Kier alpha value is -2.11. The molecule has 1 aromatic rings. The quantitative estimate of drug-likeness (QED) is 0.568. The number of hydrogen-bond donors (Lipinski definition) is 1. The van der Waals surface area contributed by atoms with Crippen molar-refractivity contribution in [2.45, 2.75) is 0 Å². The van der Waals surface area contributed by atoms with Crippen LogP contribution in [0.4, 0.5) is 11.4 Å². The monoisotopic (exact) mass is 180 g/mol. The Morgan fingerprint density at radius 2 is 1.92 bits per heavy atom. The molecule has 0 heterocycles. The van der Waals surface area contributed by atoms with E-state index in [1.807, 2.05) is 0 Å². The van der Waals surface area contributed by atoms with Crippen molar-refractivity contribution in [3.8, 4) is 5.75 Å². The highest BCUT2D eigenvalue weighted by Crippen LogP contribution is 2.33. The maximum Gasteiger partial charge on any atom is 0.155 e. The van der Waals surface area contributed by atoms with Crippen molar-refractivity contribution in [3.63, 3.8) is 0 Å². The summed E-state index contributed by atoms with van der Waals surface area (Å²) in [4.78, 5) is 30.5. The molecule has 0 aliphatic carbocycles. The molecule has 0 spiro atoms. The number of benzene rings is 1. The van der Waals surface area contributed by atoms with Crippen LogP contribution in [0.3, 0.4) is 0 Å². The third kappa shape index (κ3) is 1.56. The van der Waals surface area contributed by atoms with Gasteiger partial charge in [-0.2, -0.15) is 0 Å². The molecule has 0 aliphatic rings. The summed E-state index contributed by atoms with van der Waals surface area (Å²) in [6.07, 6.45) is 0.304.